The van der Waals surface area contributed by atoms with Crippen molar-refractivity contribution in [3.8, 4) is 11.3 Å². The van der Waals surface area contributed by atoms with Crippen molar-refractivity contribution in [3.05, 3.63) is 75.3 Å². The maximum absolute atomic E-state index is 13.3. The van der Waals surface area contributed by atoms with Gasteiger partial charge in [-0.05, 0) is 48.0 Å². The van der Waals surface area contributed by atoms with Crippen molar-refractivity contribution in [1.82, 2.24) is 10.3 Å². The average Bonchev–Trinajstić information content (AvgIpc) is 3.36. The minimum Gasteiger partial charge on any atom is -0.465 e. The van der Waals surface area contributed by atoms with Gasteiger partial charge in [0.25, 0.3) is 11.8 Å². The number of carbonyl (C=O) groups excluding carboxylic acids is 3. The summed E-state index contributed by atoms with van der Waals surface area (Å²) in [4.78, 5) is 41.7. The number of amides is 2. The number of esters is 1. The van der Waals surface area contributed by atoms with Crippen LogP contribution in [0.2, 0.25) is 0 Å². The highest BCUT2D eigenvalue weighted by atomic mass is 32.2. The molecule has 2 N–H and O–H groups in total. The summed E-state index contributed by atoms with van der Waals surface area (Å²) in [6.07, 6.45) is 1.68. The zero-order valence-electron chi connectivity index (χ0n) is 16.9. The minimum atomic E-state index is -0.613. The summed E-state index contributed by atoms with van der Waals surface area (Å²) < 4.78 is 18.5. The van der Waals surface area contributed by atoms with E-state index >= 15 is 0 Å². The van der Waals surface area contributed by atoms with E-state index in [-0.39, 0.29) is 21.6 Å². The van der Waals surface area contributed by atoms with E-state index in [4.69, 9.17) is 17.0 Å². The first-order valence-corrected chi connectivity index (χ1v) is 11.4. The van der Waals surface area contributed by atoms with Crippen molar-refractivity contribution in [3.63, 3.8) is 0 Å². The number of methoxy groups -OCH3 is 1. The predicted octanol–water partition coefficient (Wildman–Crippen LogP) is 4.48. The fourth-order valence-corrected chi connectivity index (χ4v) is 4.83. The van der Waals surface area contributed by atoms with Crippen molar-refractivity contribution in [2.45, 2.75) is 0 Å². The van der Waals surface area contributed by atoms with Gasteiger partial charge in [-0.1, -0.05) is 47.4 Å². The number of aromatic nitrogens is 1. The van der Waals surface area contributed by atoms with E-state index in [1.54, 1.807) is 30.3 Å². The van der Waals surface area contributed by atoms with Gasteiger partial charge >= 0.3 is 5.97 Å². The van der Waals surface area contributed by atoms with E-state index in [2.05, 4.69) is 15.6 Å². The van der Waals surface area contributed by atoms with Crippen LogP contribution in [0.25, 0.3) is 17.3 Å². The first-order chi connectivity index (χ1) is 15.8. The van der Waals surface area contributed by atoms with Crippen LogP contribution in [-0.2, 0) is 9.53 Å². The summed E-state index contributed by atoms with van der Waals surface area (Å²) in [5, 5.41) is 5.41. The lowest BCUT2D eigenvalue weighted by molar-refractivity contribution is -0.115. The normalized spacial score (nSPS) is 14.3. The summed E-state index contributed by atoms with van der Waals surface area (Å²) in [5.41, 5.74) is 1.89. The summed E-state index contributed by atoms with van der Waals surface area (Å²) in [5.74, 6) is -1.72. The molecule has 0 aliphatic carbocycles. The third-order valence-electron chi connectivity index (χ3n) is 4.45. The number of ether oxygens (including phenoxy) is 1. The van der Waals surface area contributed by atoms with E-state index in [0.29, 0.717) is 20.4 Å². The van der Waals surface area contributed by atoms with E-state index in [1.807, 2.05) is 0 Å². The highest BCUT2D eigenvalue weighted by molar-refractivity contribution is 8.26. The standard InChI is InChI=1S/C22H14FN3O4S3/c1-30-20(29)17-16(12-6-8-14(23)9-7-12)24-21(33-17)25-18(27)13-4-2-11(3-5-13)10-15-19(28)26-22(31)32-15/h2-10H,1H3,(H,24,25,27)(H,26,28,31)/b15-10-. The van der Waals surface area contributed by atoms with Gasteiger partial charge < -0.3 is 10.1 Å². The molecule has 1 fully saturated rings. The van der Waals surface area contributed by atoms with Gasteiger partial charge in [0.15, 0.2) is 5.13 Å². The number of halogens is 1. The summed E-state index contributed by atoms with van der Waals surface area (Å²) in [6.45, 7) is 0. The zero-order valence-corrected chi connectivity index (χ0v) is 19.3. The molecular weight excluding hydrogens is 485 g/mol. The summed E-state index contributed by atoms with van der Waals surface area (Å²) in [7, 11) is 1.24. The third kappa shape index (κ3) is 5.16. The van der Waals surface area contributed by atoms with Crippen LogP contribution < -0.4 is 10.6 Å². The van der Waals surface area contributed by atoms with Gasteiger partial charge in [-0.3, -0.25) is 14.9 Å². The molecule has 33 heavy (non-hydrogen) atoms. The Balaban J connectivity index is 1.54. The number of nitrogens with one attached hydrogen (secondary N) is 2. The highest BCUT2D eigenvalue weighted by Crippen LogP contribution is 2.32. The molecule has 1 aliphatic rings. The second-order valence-electron chi connectivity index (χ2n) is 6.62. The topological polar surface area (TPSA) is 97.4 Å². The molecule has 2 amide bonds. The molecule has 2 aromatic carbocycles. The third-order valence-corrected chi connectivity index (χ3v) is 6.56. The van der Waals surface area contributed by atoms with Gasteiger partial charge in [0, 0.05) is 11.1 Å². The number of hydrogen-bond acceptors (Lipinski definition) is 8. The van der Waals surface area contributed by atoms with Crippen LogP contribution in [0.5, 0.6) is 0 Å². The molecule has 1 aliphatic heterocycles. The number of nitrogens with zero attached hydrogens (tertiary/aromatic N) is 1. The average molecular weight is 500 g/mol. The van der Waals surface area contributed by atoms with E-state index in [0.717, 1.165) is 16.9 Å². The molecule has 4 rings (SSSR count). The Kier molecular flexibility index (Phi) is 6.63. The number of rotatable bonds is 5. The molecule has 0 bridgehead atoms. The smallest absolute Gasteiger partial charge is 0.350 e. The lowest BCUT2D eigenvalue weighted by atomic mass is 10.1. The second-order valence-corrected chi connectivity index (χ2v) is 9.34. The number of thiocarbonyl (C=S) groups is 1. The Morgan fingerprint density at radius 1 is 1.15 bits per heavy atom. The van der Waals surface area contributed by atoms with Crippen LogP contribution in [0.1, 0.15) is 25.6 Å². The largest absolute Gasteiger partial charge is 0.465 e. The monoisotopic (exact) mass is 499 g/mol. The molecule has 0 atom stereocenters. The molecule has 7 nitrogen and oxygen atoms in total. The van der Waals surface area contributed by atoms with Crippen molar-refractivity contribution in [1.29, 1.82) is 0 Å². The quantitative estimate of drug-likeness (QED) is 0.304. The maximum Gasteiger partial charge on any atom is 0.350 e. The molecule has 1 saturated heterocycles. The fraction of sp³-hybridized carbons (Fsp3) is 0.0455. The van der Waals surface area contributed by atoms with Gasteiger partial charge in [0.2, 0.25) is 0 Å². The van der Waals surface area contributed by atoms with Crippen molar-refractivity contribution in [2.75, 3.05) is 12.4 Å². The SMILES string of the molecule is COC(=O)c1sc(NC(=O)c2ccc(/C=C3\SC(=S)NC3=O)cc2)nc1-c1ccc(F)cc1. The molecular formula is C22H14FN3O4S3. The van der Waals surface area contributed by atoms with Crippen LogP contribution in [0.4, 0.5) is 9.52 Å². The van der Waals surface area contributed by atoms with Gasteiger partial charge in [-0.2, -0.15) is 0 Å². The number of thioether (sulfide) groups is 1. The number of thiazole rings is 1. The fourth-order valence-electron chi connectivity index (χ4n) is 2.88. The van der Waals surface area contributed by atoms with Crippen LogP contribution in [0.15, 0.2) is 53.4 Å². The number of hydrogen-bond donors (Lipinski definition) is 2. The van der Waals surface area contributed by atoms with Crippen molar-refractivity contribution >= 4 is 68.6 Å². The number of carbonyl (C=O) groups is 3. The van der Waals surface area contributed by atoms with Crippen LogP contribution in [-0.4, -0.2) is 34.2 Å². The van der Waals surface area contributed by atoms with Crippen molar-refractivity contribution in [2.24, 2.45) is 0 Å². The number of benzene rings is 2. The summed E-state index contributed by atoms with van der Waals surface area (Å²) in [6, 6.07) is 12.1. The Labute approximate surface area is 201 Å². The molecule has 0 unspecified atom stereocenters. The first-order valence-electron chi connectivity index (χ1n) is 9.35. The Hall–Kier alpha value is -3.41. The lowest BCUT2D eigenvalue weighted by Crippen LogP contribution is -2.17. The van der Waals surface area contributed by atoms with E-state index < -0.39 is 17.7 Å². The Morgan fingerprint density at radius 2 is 1.85 bits per heavy atom. The highest BCUT2D eigenvalue weighted by Gasteiger charge is 2.23. The maximum atomic E-state index is 13.3. The van der Waals surface area contributed by atoms with Gasteiger partial charge in [0.05, 0.1) is 17.7 Å². The lowest BCUT2D eigenvalue weighted by Gasteiger charge is -2.03. The van der Waals surface area contributed by atoms with Gasteiger partial charge in [-0.15, -0.1) is 0 Å². The molecule has 0 saturated carbocycles. The molecule has 1 aromatic heterocycles. The summed E-state index contributed by atoms with van der Waals surface area (Å²) >= 11 is 7.10. The van der Waals surface area contributed by atoms with E-state index in [1.165, 1.54) is 43.1 Å². The van der Waals surface area contributed by atoms with Crippen LogP contribution in [0.3, 0.4) is 0 Å². The molecule has 0 radical (unpaired) electrons. The molecule has 0 spiro atoms. The Bertz CT molecular complexity index is 1300. The molecule has 3 aromatic rings. The molecule has 2 heterocycles. The molecule has 166 valence electrons. The minimum absolute atomic E-state index is 0.187. The second kappa shape index (κ2) is 9.61. The van der Waals surface area contributed by atoms with Crippen LogP contribution >= 0.6 is 35.3 Å². The predicted molar refractivity (Wildman–Crippen MR) is 130 cm³/mol. The van der Waals surface area contributed by atoms with Crippen molar-refractivity contribution < 1.29 is 23.5 Å². The van der Waals surface area contributed by atoms with Crippen LogP contribution in [0, 0.1) is 5.82 Å². The first kappa shape index (κ1) is 22.8. The zero-order chi connectivity index (χ0) is 23.5. The van der Waals surface area contributed by atoms with Gasteiger partial charge in [0.1, 0.15) is 15.0 Å². The van der Waals surface area contributed by atoms with E-state index in [9.17, 15) is 18.8 Å². The van der Waals surface area contributed by atoms with Gasteiger partial charge in [-0.25, -0.2) is 14.2 Å². The number of anilines is 1. The Morgan fingerprint density at radius 3 is 2.45 bits per heavy atom. The molecule has 11 heteroatoms.